The molecule has 1 saturated carbocycles. The van der Waals surface area contributed by atoms with Crippen molar-refractivity contribution in [2.24, 2.45) is 11.8 Å². The molecule has 0 spiro atoms. The monoisotopic (exact) mass is 545 g/mol. The Balaban J connectivity index is 1.47. The van der Waals surface area contributed by atoms with Gasteiger partial charge in [0.25, 0.3) is 0 Å². The summed E-state index contributed by atoms with van der Waals surface area (Å²) in [6.45, 7) is 12.1. The molecular formula is C28H36FN3O7. The van der Waals surface area contributed by atoms with Gasteiger partial charge in [-0.3, -0.25) is 9.69 Å². The Bertz CT molecular complexity index is 1190. The Morgan fingerprint density at radius 3 is 2.21 bits per heavy atom. The van der Waals surface area contributed by atoms with E-state index in [0.29, 0.717) is 17.7 Å². The fourth-order valence-electron chi connectivity index (χ4n) is 4.95. The number of allylic oxidation sites excluding steroid dienone is 1. The van der Waals surface area contributed by atoms with Gasteiger partial charge in [0, 0.05) is 18.4 Å². The summed E-state index contributed by atoms with van der Waals surface area (Å²) < 4.78 is 31.4. The third-order valence-corrected chi connectivity index (χ3v) is 6.58. The number of halogens is 1. The molecule has 4 rings (SSSR count). The van der Waals surface area contributed by atoms with E-state index in [1.165, 1.54) is 17.9 Å². The number of amides is 4. The molecule has 1 saturated heterocycles. The van der Waals surface area contributed by atoms with Crippen LogP contribution >= 0.6 is 0 Å². The van der Waals surface area contributed by atoms with Crippen molar-refractivity contribution in [1.29, 1.82) is 0 Å². The van der Waals surface area contributed by atoms with Gasteiger partial charge < -0.3 is 19.5 Å². The highest BCUT2D eigenvalue weighted by Gasteiger charge is 2.60. The summed E-state index contributed by atoms with van der Waals surface area (Å²) in [5.74, 6) is -0.930. The Kier molecular flexibility index (Phi) is 7.39. The summed E-state index contributed by atoms with van der Waals surface area (Å²) in [5.41, 5.74) is -0.0636. The van der Waals surface area contributed by atoms with Gasteiger partial charge in [0.15, 0.2) is 0 Å². The number of hydrogen-bond donors (Lipinski definition) is 1. The molecule has 1 aliphatic heterocycles. The van der Waals surface area contributed by atoms with E-state index in [1.54, 1.807) is 53.7 Å². The lowest BCUT2D eigenvalue weighted by atomic mass is 10.0. The minimum Gasteiger partial charge on any atom is -0.443 e. The van der Waals surface area contributed by atoms with Gasteiger partial charge in [-0.25, -0.2) is 23.7 Å². The first-order chi connectivity index (χ1) is 18.0. The van der Waals surface area contributed by atoms with E-state index >= 15 is 4.39 Å². The zero-order chi connectivity index (χ0) is 28.9. The van der Waals surface area contributed by atoms with Crippen LogP contribution in [-0.2, 0) is 19.0 Å². The summed E-state index contributed by atoms with van der Waals surface area (Å²) in [7, 11) is 0. The number of nitrogens with one attached hydrogen (secondary N) is 1. The molecule has 11 heteroatoms. The first kappa shape index (κ1) is 28.4. The number of nitrogens with zero attached hydrogens (tertiary/aromatic N) is 2. The quantitative estimate of drug-likeness (QED) is 0.526. The van der Waals surface area contributed by atoms with Crippen molar-refractivity contribution in [1.82, 2.24) is 10.2 Å². The van der Waals surface area contributed by atoms with Crippen LogP contribution in [0.3, 0.4) is 0 Å². The predicted octanol–water partition coefficient (Wildman–Crippen LogP) is 4.86. The second kappa shape index (κ2) is 10.2. The number of carbonyl (C=O) groups excluding carboxylic acids is 4. The molecule has 0 bridgehead atoms. The van der Waals surface area contributed by atoms with Crippen molar-refractivity contribution in [2.45, 2.75) is 78.2 Å². The fraction of sp³-hybridized carbons (Fsp3) is 0.571. The summed E-state index contributed by atoms with van der Waals surface area (Å²) in [5, 5.41) is 2.61. The molecule has 2 fully saturated rings. The molecule has 39 heavy (non-hydrogen) atoms. The Morgan fingerprint density at radius 2 is 1.72 bits per heavy atom. The van der Waals surface area contributed by atoms with Gasteiger partial charge in [0.2, 0.25) is 5.91 Å². The first-order valence-electron chi connectivity index (χ1n) is 13.0. The van der Waals surface area contributed by atoms with Crippen molar-refractivity contribution in [2.75, 3.05) is 18.0 Å². The fourth-order valence-corrected chi connectivity index (χ4v) is 4.95. The van der Waals surface area contributed by atoms with Crippen LogP contribution in [0, 0.1) is 17.7 Å². The molecule has 1 aromatic carbocycles. The van der Waals surface area contributed by atoms with E-state index in [0.717, 1.165) is 10.5 Å². The number of cyclic esters (lactones) is 1. The van der Waals surface area contributed by atoms with Crippen LogP contribution in [0.15, 0.2) is 24.3 Å². The number of rotatable bonds is 5. The zero-order valence-corrected chi connectivity index (χ0v) is 23.4. The number of fused-ring (bicyclic) bond motifs is 1. The Hall–Kier alpha value is -3.63. The molecule has 2 aliphatic carbocycles. The zero-order valence-electron chi connectivity index (χ0n) is 23.4. The molecule has 1 aromatic rings. The number of carbonyl (C=O) groups is 4. The normalized spacial score (nSPS) is 23.9. The minimum absolute atomic E-state index is 0.0674. The number of ether oxygens (including phenoxy) is 3. The van der Waals surface area contributed by atoms with Crippen molar-refractivity contribution in [3.63, 3.8) is 0 Å². The lowest BCUT2D eigenvalue weighted by molar-refractivity contribution is -0.119. The topological polar surface area (TPSA) is 114 Å². The minimum atomic E-state index is -0.793. The third kappa shape index (κ3) is 6.51. The Labute approximate surface area is 227 Å². The molecule has 0 aromatic heterocycles. The van der Waals surface area contributed by atoms with E-state index in [-0.39, 0.29) is 30.8 Å². The molecule has 212 valence electrons. The first-order valence-corrected chi connectivity index (χ1v) is 13.0. The van der Waals surface area contributed by atoms with Crippen LogP contribution in [0.1, 0.15) is 60.5 Å². The average molecular weight is 546 g/mol. The van der Waals surface area contributed by atoms with Crippen LogP contribution in [0.25, 0.3) is 5.57 Å². The summed E-state index contributed by atoms with van der Waals surface area (Å²) in [4.78, 5) is 51.7. The van der Waals surface area contributed by atoms with E-state index in [1.807, 2.05) is 6.08 Å². The number of imide groups is 1. The molecular weight excluding hydrogens is 509 g/mol. The molecule has 4 atom stereocenters. The molecule has 4 amide bonds. The highest BCUT2D eigenvalue weighted by atomic mass is 19.1. The molecule has 1 N–H and O–H groups in total. The van der Waals surface area contributed by atoms with Gasteiger partial charge in [-0.15, -0.1) is 0 Å². The summed E-state index contributed by atoms with van der Waals surface area (Å²) in [6, 6.07) is 4.12. The number of anilines is 1. The maximum absolute atomic E-state index is 15.2. The van der Waals surface area contributed by atoms with Crippen LogP contribution < -0.4 is 10.2 Å². The SMILES string of the molecule is CC(=O)NC[C@H]1CN(c2ccc(C3=C[C@H]4[C@@H](C3)[C@@H]4N(C(=O)OC(C)(C)C)C(=O)OC(C)(C)C)c(F)c2)C(=O)O1. The second-order valence-corrected chi connectivity index (χ2v) is 12.2. The van der Waals surface area contributed by atoms with Crippen molar-refractivity contribution >= 4 is 35.4 Å². The van der Waals surface area contributed by atoms with Crippen LogP contribution in [0.4, 0.5) is 24.5 Å². The van der Waals surface area contributed by atoms with Crippen molar-refractivity contribution < 1.29 is 37.8 Å². The van der Waals surface area contributed by atoms with Crippen molar-refractivity contribution in [3.05, 3.63) is 35.7 Å². The lowest BCUT2D eigenvalue weighted by Crippen LogP contribution is -2.46. The Morgan fingerprint density at radius 1 is 1.10 bits per heavy atom. The van der Waals surface area contributed by atoms with E-state index in [4.69, 9.17) is 14.2 Å². The van der Waals surface area contributed by atoms with Crippen LogP contribution in [-0.4, -0.2) is 65.5 Å². The van der Waals surface area contributed by atoms with Crippen molar-refractivity contribution in [3.8, 4) is 0 Å². The molecule has 1 heterocycles. The van der Waals surface area contributed by atoms with E-state index in [9.17, 15) is 19.2 Å². The van der Waals surface area contributed by atoms with Gasteiger partial charge in [-0.05, 0) is 77.7 Å². The summed E-state index contributed by atoms with van der Waals surface area (Å²) >= 11 is 0. The van der Waals surface area contributed by atoms with Gasteiger partial charge >= 0.3 is 18.3 Å². The van der Waals surface area contributed by atoms with Gasteiger partial charge in [-0.2, -0.15) is 0 Å². The van der Waals surface area contributed by atoms with Gasteiger partial charge in [-0.1, -0.05) is 6.08 Å². The highest BCUT2D eigenvalue weighted by molar-refractivity contribution is 5.91. The van der Waals surface area contributed by atoms with E-state index in [2.05, 4.69) is 5.32 Å². The average Bonchev–Trinajstić information content (AvgIpc) is 3.11. The van der Waals surface area contributed by atoms with Crippen LogP contribution in [0.2, 0.25) is 0 Å². The molecule has 0 radical (unpaired) electrons. The smallest absolute Gasteiger partial charge is 0.420 e. The maximum Gasteiger partial charge on any atom is 0.420 e. The van der Waals surface area contributed by atoms with Crippen LogP contribution in [0.5, 0.6) is 0 Å². The number of benzene rings is 1. The largest absolute Gasteiger partial charge is 0.443 e. The second-order valence-electron chi connectivity index (χ2n) is 12.2. The maximum atomic E-state index is 15.2. The summed E-state index contributed by atoms with van der Waals surface area (Å²) in [6.07, 6.45) is -0.303. The number of hydrogen-bond acceptors (Lipinski definition) is 7. The molecule has 0 unspecified atom stereocenters. The van der Waals surface area contributed by atoms with Gasteiger partial charge in [0.05, 0.1) is 24.8 Å². The predicted molar refractivity (Wildman–Crippen MR) is 140 cm³/mol. The molecule has 3 aliphatic rings. The van der Waals surface area contributed by atoms with E-state index < -0.39 is 47.4 Å². The highest BCUT2D eigenvalue weighted by Crippen LogP contribution is 2.56. The standard InChI is InChI=1S/C28H36FN3O7/c1-15(33)30-13-18-14-31(24(34)37-18)17-8-9-19(22(29)12-17)16-10-20-21(11-16)23(20)32(25(35)38-27(2,3)4)26(36)39-28(5,6)7/h8-10,12,18,20-21,23H,11,13-14H2,1-7H3,(H,30,33)/t18-,20-,21+,23+/m0/s1. The van der Waals surface area contributed by atoms with Gasteiger partial charge in [0.1, 0.15) is 23.1 Å². The third-order valence-electron chi connectivity index (χ3n) is 6.58. The lowest BCUT2D eigenvalue weighted by Gasteiger charge is -2.29. The molecule has 10 nitrogen and oxygen atoms in total.